The Morgan fingerprint density at radius 2 is 1.68 bits per heavy atom. The van der Waals surface area contributed by atoms with Gasteiger partial charge in [0.15, 0.2) is 5.12 Å². The van der Waals surface area contributed by atoms with E-state index in [0.717, 1.165) is 18.7 Å². The second kappa shape index (κ2) is 17.4. The first-order valence-corrected chi connectivity index (χ1v) is 12.4. The number of carboxylic acid groups (broad SMARTS) is 1. The van der Waals surface area contributed by atoms with Crippen molar-refractivity contribution in [2.24, 2.45) is 11.1 Å². The van der Waals surface area contributed by atoms with Crippen LogP contribution in [0.25, 0.3) is 0 Å². The van der Waals surface area contributed by atoms with Crippen LogP contribution in [-0.2, 0) is 38.3 Å². The largest absolute Gasteiger partial charge is 0.480 e. The summed E-state index contributed by atoms with van der Waals surface area (Å²) >= 11 is 0.835. The van der Waals surface area contributed by atoms with Crippen molar-refractivity contribution in [1.29, 1.82) is 0 Å². The van der Waals surface area contributed by atoms with Crippen LogP contribution in [0.5, 0.6) is 0 Å². The fraction of sp³-hybridized carbons (Fsp3) is 0.682. The summed E-state index contributed by atoms with van der Waals surface area (Å²) in [6, 6.07) is -1.21. The summed E-state index contributed by atoms with van der Waals surface area (Å²) in [5.74, 6) is -3.90. The van der Waals surface area contributed by atoms with E-state index in [1.807, 2.05) is 0 Å². The summed E-state index contributed by atoms with van der Waals surface area (Å²) in [4.78, 5) is 80.9. The van der Waals surface area contributed by atoms with Crippen molar-refractivity contribution in [3.05, 3.63) is 0 Å². The summed E-state index contributed by atoms with van der Waals surface area (Å²) in [6.07, 6.45) is -2.30. The number of rotatable bonds is 18. The van der Waals surface area contributed by atoms with E-state index in [-0.39, 0.29) is 51.3 Å². The van der Waals surface area contributed by atoms with Crippen LogP contribution in [0.4, 0.5) is 0 Å². The molecule has 0 radical (unpaired) electrons. The van der Waals surface area contributed by atoms with E-state index >= 15 is 0 Å². The SMILES string of the molecule is CC(=O)N[C@@H](CCC(=O)CC(=O)SCCNC(=O)CCNC(=O)[C@H](O)C(C)(C)COC(=O)CN)C(=O)O. The molecule has 0 aliphatic heterocycles. The Morgan fingerprint density at radius 1 is 1.03 bits per heavy atom. The average Bonchev–Trinajstić information content (AvgIpc) is 2.81. The number of nitrogens with one attached hydrogen (secondary N) is 3. The van der Waals surface area contributed by atoms with Gasteiger partial charge in [0.25, 0.3) is 0 Å². The number of carboxylic acids is 1. The molecule has 210 valence electrons. The number of aliphatic carboxylic acids is 1. The van der Waals surface area contributed by atoms with Crippen LogP contribution in [0.15, 0.2) is 0 Å². The Morgan fingerprint density at radius 3 is 2.24 bits per heavy atom. The van der Waals surface area contributed by atoms with Crippen molar-refractivity contribution in [2.75, 3.05) is 32.0 Å². The van der Waals surface area contributed by atoms with Crippen LogP contribution in [0.2, 0.25) is 0 Å². The highest BCUT2D eigenvalue weighted by Crippen LogP contribution is 2.21. The number of aliphatic hydroxyl groups is 1. The number of Topliss-reactive ketones (excluding diaryl/α,β-unsaturated/α-hetero) is 1. The molecule has 0 aromatic carbocycles. The molecule has 0 aromatic heterocycles. The Bertz CT molecular complexity index is 849. The minimum absolute atomic E-state index is 0.0587. The molecule has 0 rings (SSSR count). The number of nitrogens with two attached hydrogens (primary N) is 1. The lowest BCUT2D eigenvalue weighted by atomic mass is 9.87. The lowest BCUT2D eigenvalue weighted by Gasteiger charge is -2.28. The summed E-state index contributed by atoms with van der Waals surface area (Å²) in [7, 11) is 0. The number of thioether (sulfide) groups is 1. The average molecular weight is 549 g/mol. The van der Waals surface area contributed by atoms with Gasteiger partial charge in [-0.05, 0) is 6.42 Å². The fourth-order valence-electron chi connectivity index (χ4n) is 2.71. The molecule has 0 bridgehead atoms. The molecule has 7 N–H and O–H groups in total. The molecular weight excluding hydrogens is 512 g/mol. The summed E-state index contributed by atoms with van der Waals surface area (Å²) in [5.41, 5.74) is 4.06. The van der Waals surface area contributed by atoms with Gasteiger partial charge in [-0.3, -0.25) is 28.8 Å². The molecular formula is C22H36N4O10S. The van der Waals surface area contributed by atoms with Gasteiger partial charge in [0.05, 0.1) is 19.6 Å². The first-order chi connectivity index (χ1) is 17.2. The minimum atomic E-state index is -1.49. The number of carbonyl (C=O) groups is 7. The van der Waals surface area contributed by atoms with E-state index in [1.54, 1.807) is 0 Å². The third-order valence-corrected chi connectivity index (χ3v) is 5.70. The number of hydrogen-bond acceptors (Lipinski definition) is 11. The second-order valence-corrected chi connectivity index (χ2v) is 9.87. The molecule has 3 amide bonds. The van der Waals surface area contributed by atoms with Gasteiger partial charge in [-0.2, -0.15) is 0 Å². The molecule has 0 heterocycles. The predicted molar refractivity (Wildman–Crippen MR) is 132 cm³/mol. The standard InChI is InChI=1S/C22H36N4O10S/c1-13(27)26-15(21(34)35)5-4-14(28)10-18(31)37-9-8-24-16(29)6-7-25-20(33)19(32)22(2,3)12-36-17(30)11-23/h15,19,32H,4-12,23H2,1-3H3,(H,24,29)(H,25,33)(H,26,27)(H,34,35)/t15-,19-/m0/s1. The zero-order valence-electron chi connectivity index (χ0n) is 21.2. The van der Waals surface area contributed by atoms with Gasteiger partial charge in [0, 0.05) is 44.0 Å². The maximum atomic E-state index is 12.1. The third-order valence-electron chi connectivity index (χ3n) is 4.83. The van der Waals surface area contributed by atoms with Crippen molar-refractivity contribution in [1.82, 2.24) is 16.0 Å². The van der Waals surface area contributed by atoms with E-state index in [2.05, 4.69) is 16.0 Å². The molecule has 0 aliphatic rings. The molecule has 14 nitrogen and oxygen atoms in total. The van der Waals surface area contributed by atoms with Gasteiger partial charge in [-0.1, -0.05) is 25.6 Å². The smallest absolute Gasteiger partial charge is 0.326 e. The van der Waals surface area contributed by atoms with E-state index < -0.39 is 64.5 Å². The number of aliphatic hydroxyl groups excluding tert-OH is 1. The van der Waals surface area contributed by atoms with E-state index in [4.69, 9.17) is 15.6 Å². The zero-order valence-corrected chi connectivity index (χ0v) is 22.0. The zero-order chi connectivity index (χ0) is 28.6. The van der Waals surface area contributed by atoms with Crippen LogP contribution in [0.3, 0.4) is 0 Å². The van der Waals surface area contributed by atoms with Gasteiger partial charge in [0.1, 0.15) is 17.9 Å². The molecule has 0 spiro atoms. The summed E-state index contributed by atoms with van der Waals surface area (Å²) < 4.78 is 4.86. The highest BCUT2D eigenvalue weighted by molar-refractivity contribution is 8.13. The van der Waals surface area contributed by atoms with Crippen molar-refractivity contribution in [2.45, 2.75) is 58.6 Å². The Kier molecular flexibility index (Phi) is 16.0. The topological polar surface area (TPSA) is 231 Å². The van der Waals surface area contributed by atoms with Crippen LogP contribution in [-0.4, -0.2) is 94.9 Å². The molecule has 0 unspecified atom stereocenters. The van der Waals surface area contributed by atoms with Crippen LogP contribution in [0, 0.1) is 5.41 Å². The molecule has 0 saturated heterocycles. The van der Waals surface area contributed by atoms with Crippen LogP contribution >= 0.6 is 11.8 Å². The van der Waals surface area contributed by atoms with E-state index in [1.165, 1.54) is 13.8 Å². The van der Waals surface area contributed by atoms with E-state index in [9.17, 15) is 38.7 Å². The number of esters is 1. The second-order valence-electron chi connectivity index (χ2n) is 8.71. The Balaban J connectivity index is 4.14. The van der Waals surface area contributed by atoms with Crippen LogP contribution < -0.4 is 21.7 Å². The minimum Gasteiger partial charge on any atom is -0.480 e. The predicted octanol–water partition coefficient (Wildman–Crippen LogP) is -1.91. The van der Waals surface area contributed by atoms with Gasteiger partial charge in [-0.15, -0.1) is 0 Å². The fourth-order valence-corrected chi connectivity index (χ4v) is 3.40. The normalized spacial score (nSPS) is 12.6. The molecule has 37 heavy (non-hydrogen) atoms. The van der Waals surface area contributed by atoms with Crippen molar-refractivity contribution >= 4 is 52.3 Å². The number of carbonyl (C=O) groups excluding carboxylic acids is 6. The Hall–Kier alpha value is -3.04. The monoisotopic (exact) mass is 548 g/mol. The van der Waals surface area contributed by atoms with Crippen molar-refractivity contribution in [3.8, 4) is 0 Å². The van der Waals surface area contributed by atoms with Gasteiger partial charge < -0.3 is 36.6 Å². The lowest BCUT2D eigenvalue weighted by molar-refractivity contribution is -0.152. The molecule has 2 atom stereocenters. The van der Waals surface area contributed by atoms with Crippen molar-refractivity contribution < 1.29 is 48.5 Å². The summed E-state index contributed by atoms with van der Waals surface area (Å²) in [6.45, 7) is 3.73. The van der Waals surface area contributed by atoms with Gasteiger partial charge in [0.2, 0.25) is 17.7 Å². The maximum Gasteiger partial charge on any atom is 0.326 e. The number of ketones is 1. The third kappa shape index (κ3) is 15.6. The number of ether oxygens (including phenoxy) is 1. The van der Waals surface area contributed by atoms with Gasteiger partial charge in [-0.25, -0.2) is 4.79 Å². The number of amides is 3. The first-order valence-electron chi connectivity index (χ1n) is 11.4. The molecule has 15 heteroatoms. The molecule has 0 aliphatic carbocycles. The molecule has 0 saturated carbocycles. The lowest BCUT2D eigenvalue weighted by Crippen LogP contribution is -2.47. The maximum absolute atomic E-state index is 12.1. The summed E-state index contributed by atoms with van der Waals surface area (Å²) in [5, 5.41) is 25.9. The first kappa shape index (κ1) is 34.0. The van der Waals surface area contributed by atoms with E-state index in [0.29, 0.717) is 0 Å². The highest BCUT2D eigenvalue weighted by atomic mass is 32.2. The Labute approximate surface area is 218 Å². The van der Waals surface area contributed by atoms with Crippen molar-refractivity contribution in [3.63, 3.8) is 0 Å². The highest BCUT2D eigenvalue weighted by Gasteiger charge is 2.34. The van der Waals surface area contributed by atoms with Gasteiger partial charge >= 0.3 is 11.9 Å². The molecule has 0 fully saturated rings. The number of hydrogen-bond donors (Lipinski definition) is 6. The molecule has 0 aromatic rings. The quantitative estimate of drug-likeness (QED) is 0.0625. The van der Waals surface area contributed by atoms with Crippen LogP contribution in [0.1, 0.15) is 46.5 Å².